The zero-order chi connectivity index (χ0) is 16.7. The van der Waals surface area contributed by atoms with E-state index >= 15 is 0 Å². The van der Waals surface area contributed by atoms with Crippen molar-refractivity contribution in [1.29, 1.82) is 0 Å². The van der Waals surface area contributed by atoms with Gasteiger partial charge in [-0.3, -0.25) is 4.79 Å². The number of fused-ring (bicyclic) bond motifs is 1. The van der Waals surface area contributed by atoms with Crippen LogP contribution in [0.25, 0.3) is 10.8 Å². The lowest BCUT2D eigenvalue weighted by molar-refractivity contribution is -0.125. The first-order valence-corrected chi connectivity index (χ1v) is 7.90. The highest BCUT2D eigenvalue weighted by molar-refractivity contribution is 5.84. The predicted molar refractivity (Wildman–Crippen MR) is 97.0 cm³/mol. The number of carbonyl (C=O) groups excluding carboxylic acids is 1. The third kappa shape index (κ3) is 4.30. The molecule has 0 heterocycles. The Morgan fingerprint density at radius 1 is 1.09 bits per heavy atom. The van der Waals surface area contributed by atoms with Crippen LogP contribution in [0, 0.1) is 5.92 Å². The average Bonchev–Trinajstić information content (AvgIpc) is 2.58. The summed E-state index contributed by atoms with van der Waals surface area (Å²) >= 11 is 0. The second-order valence-corrected chi connectivity index (χ2v) is 5.65. The van der Waals surface area contributed by atoms with Crippen LogP contribution in [0.3, 0.4) is 0 Å². The minimum atomic E-state index is -0.191. The third-order valence-corrected chi connectivity index (χ3v) is 4.00. The van der Waals surface area contributed by atoms with Crippen LogP contribution < -0.4 is 11.1 Å². The summed E-state index contributed by atoms with van der Waals surface area (Å²) in [5, 5.41) is 5.38. The zero-order valence-corrected chi connectivity index (χ0v) is 13.4. The number of allylic oxidation sites excluding steroid dienone is 2. The number of nitrogens with one attached hydrogen (secondary N) is 1. The Bertz CT molecular complexity index is 683. The highest BCUT2D eigenvalue weighted by atomic mass is 16.1. The zero-order valence-electron chi connectivity index (χ0n) is 13.4. The Hall–Kier alpha value is -2.39. The standard InChI is InChI=1S/C20H24N2O/c1-3-7-16(8-4-2)20(23)22-19(14-21)18-12-11-15-9-5-6-10-17(15)13-18/h3-6,9-13,16,19H,1-2,7-8,14,21H2,(H,22,23). The Kier molecular flexibility index (Phi) is 6.12. The molecule has 3 nitrogen and oxygen atoms in total. The van der Waals surface area contributed by atoms with E-state index in [1.807, 2.05) is 18.2 Å². The van der Waals surface area contributed by atoms with Crippen LogP contribution >= 0.6 is 0 Å². The predicted octanol–water partition coefficient (Wildman–Crippen LogP) is 3.72. The molecular weight excluding hydrogens is 284 g/mol. The summed E-state index contributed by atoms with van der Waals surface area (Å²) < 4.78 is 0. The molecule has 0 aliphatic heterocycles. The fraction of sp³-hybridized carbons (Fsp3) is 0.250. The van der Waals surface area contributed by atoms with Crippen LogP contribution in [0.5, 0.6) is 0 Å². The van der Waals surface area contributed by atoms with E-state index in [4.69, 9.17) is 5.73 Å². The summed E-state index contributed by atoms with van der Waals surface area (Å²) in [7, 11) is 0. The molecule has 0 saturated carbocycles. The molecular formula is C20H24N2O. The number of benzene rings is 2. The van der Waals surface area contributed by atoms with E-state index in [1.165, 1.54) is 5.39 Å². The number of hydrogen-bond acceptors (Lipinski definition) is 2. The van der Waals surface area contributed by atoms with E-state index in [-0.39, 0.29) is 17.9 Å². The van der Waals surface area contributed by atoms with Gasteiger partial charge in [0, 0.05) is 12.5 Å². The largest absolute Gasteiger partial charge is 0.348 e. The molecule has 2 aromatic carbocycles. The van der Waals surface area contributed by atoms with E-state index < -0.39 is 0 Å². The van der Waals surface area contributed by atoms with E-state index in [0.29, 0.717) is 19.4 Å². The van der Waals surface area contributed by atoms with Gasteiger partial charge in [-0.1, -0.05) is 48.6 Å². The van der Waals surface area contributed by atoms with Gasteiger partial charge in [0.1, 0.15) is 0 Å². The van der Waals surface area contributed by atoms with Crippen molar-refractivity contribution >= 4 is 16.7 Å². The van der Waals surface area contributed by atoms with Crippen LogP contribution in [0.15, 0.2) is 67.8 Å². The van der Waals surface area contributed by atoms with Gasteiger partial charge in [-0.2, -0.15) is 0 Å². The monoisotopic (exact) mass is 308 g/mol. The molecule has 120 valence electrons. The maximum atomic E-state index is 12.5. The van der Waals surface area contributed by atoms with Crippen LogP contribution in [0.1, 0.15) is 24.4 Å². The van der Waals surface area contributed by atoms with Gasteiger partial charge in [0.15, 0.2) is 0 Å². The Balaban J connectivity index is 2.18. The fourth-order valence-corrected chi connectivity index (χ4v) is 2.71. The first-order valence-electron chi connectivity index (χ1n) is 7.90. The van der Waals surface area contributed by atoms with Crippen molar-refractivity contribution in [3.05, 3.63) is 73.3 Å². The topological polar surface area (TPSA) is 55.1 Å². The smallest absolute Gasteiger partial charge is 0.224 e. The van der Waals surface area contributed by atoms with E-state index in [0.717, 1.165) is 10.9 Å². The molecule has 0 saturated heterocycles. The average molecular weight is 308 g/mol. The lowest BCUT2D eigenvalue weighted by atomic mass is 9.98. The molecule has 0 radical (unpaired) electrons. The number of amides is 1. The summed E-state index contributed by atoms with van der Waals surface area (Å²) in [5.41, 5.74) is 6.91. The van der Waals surface area contributed by atoms with Gasteiger partial charge in [-0.15, -0.1) is 13.2 Å². The van der Waals surface area contributed by atoms with Crippen molar-refractivity contribution in [2.24, 2.45) is 11.7 Å². The SMILES string of the molecule is C=CCC(CC=C)C(=O)NC(CN)c1ccc2ccccc2c1. The molecule has 3 heteroatoms. The van der Waals surface area contributed by atoms with Crippen LogP contribution in [-0.4, -0.2) is 12.5 Å². The normalized spacial score (nSPS) is 12.1. The summed E-state index contributed by atoms with van der Waals surface area (Å²) in [6.45, 7) is 7.80. The van der Waals surface area contributed by atoms with Crippen LogP contribution in [-0.2, 0) is 4.79 Å². The van der Waals surface area contributed by atoms with Crippen LogP contribution in [0.2, 0.25) is 0 Å². The molecule has 0 fully saturated rings. The Morgan fingerprint density at radius 2 is 1.74 bits per heavy atom. The highest BCUT2D eigenvalue weighted by Gasteiger charge is 2.20. The number of hydrogen-bond donors (Lipinski definition) is 2. The van der Waals surface area contributed by atoms with Gasteiger partial charge < -0.3 is 11.1 Å². The first-order chi connectivity index (χ1) is 11.2. The molecule has 1 unspecified atom stereocenters. The molecule has 0 aliphatic carbocycles. The maximum Gasteiger partial charge on any atom is 0.224 e. The van der Waals surface area contributed by atoms with Crippen LogP contribution in [0.4, 0.5) is 0 Å². The molecule has 1 amide bonds. The Labute approximate surface area is 137 Å². The van der Waals surface area contributed by atoms with Gasteiger partial charge in [0.25, 0.3) is 0 Å². The van der Waals surface area contributed by atoms with Crippen molar-refractivity contribution in [3.63, 3.8) is 0 Å². The summed E-state index contributed by atoms with van der Waals surface area (Å²) in [5.74, 6) is -0.145. The highest BCUT2D eigenvalue weighted by Crippen LogP contribution is 2.21. The van der Waals surface area contributed by atoms with E-state index in [2.05, 4.69) is 42.7 Å². The third-order valence-electron chi connectivity index (χ3n) is 4.00. The van der Waals surface area contributed by atoms with Gasteiger partial charge >= 0.3 is 0 Å². The number of rotatable bonds is 8. The molecule has 0 spiro atoms. The summed E-state index contributed by atoms with van der Waals surface area (Å²) in [6, 6.07) is 14.1. The molecule has 0 aromatic heterocycles. The number of carbonyl (C=O) groups is 1. The maximum absolute atomic E-state index is 12.5. The minimum Gasteiger partial charge on any atom is -0.348 e. The molecule has 2 rings (SSSR count). The van der Waals surface area contributed by atoms with Crippen molar-refractivity contribution in [3.8, 4) is 0 Å². The second kappa shape index (κ2) is 8.30. The van der Waals surface area contributed by atoms with Gasteiger partial charge in [0.05, 0.1) is 6.04 Å². The lowest BCUT2D eigenvalue weighted by Gasteiger charge is -2.21. The molecule has 3 N–H and O–H groups in total. The lowest BCUT2D eigenvalue weighted by Crippen LogP contribution is -2.37. The Morgan fingerprint density at radius 3 is 2.35 bits per heavy atom. The minimum absolute atomic E-state index is 0.00610. The molecule has 0 bridgehead atoms. The fourth-order valence-electron chi connectivity index (χ4n) is 2.71. The first kappa shape index (κ1) is 17.0. The van der Waals surface area contributed by atoms with Crippen molar-refractivity contribution in [2.75, 3.05) is 6.54 Å². The van der Waals surface area contributed by atoms with Crippen molar-refractivity contribution in [2.45, 2.75) is 18.9 Å². The second-order valence-electron chi connectivity index (χ2n) is 5.65. The summed E-state index contributed by atoms with van der Waals surface area (Å²) in [6.07, 6.45) is 4.79. The van der Waals surface area contributed by atoms with E-state index in [1.54, 1.807) is 12.2 Å². The summed E-state index contributed by atoms with van der Waals surface area (Å²) in [4.78, 5) is 12.5. The van der Waals surface area contributed by atoms with Gasteiger partial charge in [-0.25, -0.2) is 0 Å². The van der Waals surface area contributed by atoms with Crippen molar-refractivity contribution < 1.29 is 4.79 Å². The molecule has 23 heavy (non-hydrogen) atoms. The molecule has 2 aromatic rings. The van der Waals surface area contributed by atoms with Gasteiger partial charge in [0.2, 0.25) is 5.91 Å². The van der Waals surface area contributed by atoms with E-state index in [9.17, 15) is 4.79 Å². The number of nitrogens with two attached hydrogens (primary N) is 1. The molecule has 1 atom stereocenters. The van der Waals surface area contributed by atoms with Gasteiger partial charge in [-0.05, 0) is 35.2 Å². The van der Waals surface area contributed by atoms with Crippen molar-refractivity contribution in [1.82, 2.24) is 5.32 Å². The molecule has 0 aliphatic rings. The quantitative estimate of drug-likeness (QED) is 0.730.